The zero-order chi connectivity index (χ0) is 20.0. The van der Waals surface area contributed by atoms with Gasteiger partial charge in [-0.05, 0) is 41.0 Å². The van der Waals surface area contributed by atoms with E-state index >= 15 is 0 Å². The summed E-state index contributed by atoms with van der Waals surface area (Å²) in [7, 11) is 0. The highest BCUT2D eigenvalue weighted by Gasteiger charge is 2.49. The van der Waals surface area contributed by atoms with Crippen LogP contribution in [0.5, 0.6) is 11.5 Å². The molecule has 5 rings (SSSR count). The minimum atomic E-state index is -1.16. The van der Waals surface area contributed by atoms with Crippen molar-refractivity contribution >= 4 is 22.7 Å². The van der Waals surface area contributed by atoms with Crippen molar-refractivity contribution < 1.29 is 19.1 Å². The molecule has 0 bridgehead atoms. The van der Waals surface area contributed by atoms with Gasteiger partial charge in [0, 0.05) is 0 Å². The Kier molecular flexibility index (Phi) is 3.94. The number of carbonyl (C=O) groups excluding carboxylic acids is 2. The van der Waals surface area contributed by atoms with Crippen molar-refractivity contribution in [2.75, 3.05) is 13.2 Å². The zero-order valence-electron chi connectivity index (χ0n) is 16.0. The Morgan fingerprint density at radius 3 is 2.59 bits per heavy atom. The molecule has 2 heterocycles. The van der Waals surface area contributed by atoms with Gasteiger partial charge in [-0.2, -0.15) is 0 Å². The molecule has 0 aromatic heterocycles. The summed E-state index contributed by atoms with van der Waals surface area (Å²) in [5, 5.41) is 4.97. The molecule has 2 aliphatic heterocycles. The number of ether oxygens (including phenoxy) is 2. The fourth-order valence-electron chi connectivity index (χ4n) is 3.99. The Labute approximate surface area is 168 Å². The molecule has 1 atom stereocenters. The smallest absolute Gasteiger partial charge is 0.325 e. The maximum atomic E-state index is 13.3. The standard InChI is InChI=1S/C23H20N2O4/c1-23(17-9-10-19-20(13-17)29-12-11-28-19)21(26)25(22(27)24-23)14-16-7-4-6-15-5-2-3-8-18(15)16/h2-10,13H,11-12,14H2,1H3,(H,24,27)/t23-/m0/s1. The first-order valence-corrected chi connectivity index (χ1v) is 9.57. The Morgan fingerprint density at radius 1 is 0.966 bits per heavy atom. The lowest BCUT2D eigenvalue weighted by Gasteiger charge is -2.25. The first-order valence-electron chi connectivity index (χ1n) is 9.57. The van der Waals surface area contributed by atoms with Crippen molar-refractivity contribution in [1.29, 1.82) is 0 Å². The monoisotopic (exact) mass is 388 g/mol. The molecule has 1 N–H and O–H groups in total. The quantitative estimate of drug-likeness (QED) is 0.697. The van der Waals surface area contributed by atoms with Gasteiger partial charge in [0.2, 0.25) is 0 Å². The number of benzene rings is 3. The van der Waals surface area contributed by atoms with Crippen LogP contribution in [0.2, 0.25) is 0 Å². The van der Waals surface area contributed by atoms with Crippen molar-refractivity contribution in [1.82, 2.24) is 10.2 Å². The second-order valence-corrected chi connectivity index (χ2v) is 7.44. The highest BCUT2D eigenvalue weighted by Crippen LogP contribution is 2.37. The van der Waals surface area contributed by atoms with Gasteiger partial charge < -0.3 is 14.8 Å². The largest absolute Gasteiger partial charge is 0.486 e. The molecular formula is C23H20N2O4. The molecule has 3 aromatic rings. The predicted octanol–water partition coefficient (Wildman–Crippen LogP) is 3.58. The molecule has 2 aliphatic rings. The molecule has 0 unspecified atom stereocenters. The van der Waals surface area contributed by atoms with E-state index in [-0.39, 0.29) is 12.5 Å². The normalized spacial score (nSPS) is 20.8. The Morgan fingerprint density at radius 2 is 1.72 bits per heavy atom. The molecule has 0 spiro atoms. The molecule has 6 heteroatoms. The number of hydrogen-bond donors (Lipinski definition) is 1. The van der Waals surface area contributed by atoms with Crippen LogP contribution in [0.1, 0.15) is 18.1 Å². The molecule has 1 fully saturated rings. The van der Waals surface area contributed by atoms with E-state index in [1.807, 2.05) is 42.5 Å². The van der Waals surface area contributed by atoms with Gasteiger partial charge in [-0.25, -0.2) is 4.79 Å². The van der Waals surface area contributed by atoms with E-state index in [1.54, 1.807) is 25.1 Å². The van der Waals surface area contributed by atoms with Gasteiger partial charge in [-0.3, -0.25) is 9.69 Å². The van der Waals surface area contributed by atoms with Crippen LogP contribution in [-0.2, 0) is 16.9 Å². The fraction of sp³-hybridized carbons (Fsp3) is 0.217. The third kappa shape index (κ3) is 2.79. The molecule has 146 valence electrons. The van der Waals surface area contributed by atoms with Crippen LogP contribution in [0.3, 0.4) is 0 Å². The summed E-state index contributed by atoms with van der Waals surface area (Å²) in [5.74, 6) is 0.949. The van der Waals surface area contributed by atoms with Gasteiger partial charge in [0.25, 0.3) is 5.91 Å². The molecule has 0 radical (unpaired) electrons. The lowest BCUT2D eigenvalue weighted by molar-refractivity contribution is -0.131. The number of urea groups is 1. The first-order chi connectivity index (χ1) is 14.1. The highest BCUT2D eigenvalue weighted by molar-refractivity contribution is 6.07. The van der Waals surface area contributed by atoms with Crippen LogP contribution in [0.4, 0.5) is 4.79 Å². The average molecular weight is 388 g/mol. The number of hydrogen-bond acceptors (Lipinski definition) is 4. The van der Waals surface area contributed by atoms with Gasteiger partial charge in [0.15, 0.2) is 11.5 Å². The van der Waals surface area contributed by atoms with Crippen molar-refractivity contribution in [3.8, 4) is 11.5 Å². The highest BCUT2D eigenvalue weighted by atomic mass is 16.6. The second-order valence-electron chi connectivity index (χ2n) is 7.44. The third-order valence-electron chi connectivity index (χ3n) is 5.60. The maximum Gasteiger partial charge on any atom is 0.325 e. The average Bonchev–Trinajstić information content (AvgIpc) is 2.97. The van der Waals surface area contributed by atoms with Crippen LogP contribution in [0.25, 0.3) is 10.8 Å². The molecule has 29 heavy (non-hydrogen) atoms. The van der Waals surface area contributed by atoms with Crippen LogP contribution in [-0.4, -0.2) is 30.1 Å². The van der Waals surface area contributed by atoms with Gasteiger partial charge in [-0.1, -0.05) is 48.5 Å². The molecule has 1 saturated heterocycles. The summed E-state index contributed by atoms with van der Waals surface area (Å²) < 4.78 is 11.2. The Bertz CT molecular complexity index is 1140. The molecule has 3 amide bonds. The SMILES string of the molecule is C[C@@]1(c2ccc3c(c2)OCCO3)NC(=O)N(Cc2cccc3ccccc23)C1=O. The van der Waals surface area contributed by atoms with Crippen LogP contribution < -0.4 is 14.8 Å². The van der Waals surface area contributed by atoms with Gasteiger partial charge >= 0.3 is 6.03 Å². The minimum absolute atomic E-state index is 0.214. The molecular weight excluding hydrogens is 368 g/mol. The molecule has 6 nitrogen and oxygen atoms in total. The van der Waals surface area contributed by atoms with E-state index in [4.69, 9.17) is 9.47 Å². The number of rotatable bonds is 3. The minimum Gasteiger partial charge on any atom is -0.486 e. The van der Waals surface area contributed by atoms with Gasteiger partial charge in [-0.15, -0.1) is 0 Å². The van der Waals surface area contributed by atoms with Crippen molar-refractivity contribution in [2.45, 2.75) is 19.0 Å². The summed E-state index contributed by atoms with van der Waals surface area (Å²) >= 11 is 0. The first kappa shape index (κ1) is 17.6. The number of fused-ring (bicyclic) bond motifs is 2. The number of amides is 3. The predicted molar refractivity (Wildman–Crippen MR) is 108 cm³/mol. The fourth-order valence-corrected chi connectivity index (χ4v) is 3.99. The van der Waals surface area contributed by atoms with E-state index in [1.165, 1.54) is 4.90 Å². The summed E-state index contributed by atoms with van der Waals surface area (Å²) in [4.78, 5) is 27.3. The van der Waals surface area contributed by atoms with Crippen LogP contribution in [0, 0.1) is 0 Å². The topological polar surface area (TPSA) is 67.9 Å². The van der Waals surface area contributed by atoms with Crippen LogP contribution in [0.15, 0.2) is 60.7 Å². The van der Waals surface area contributed by atoms with Gasteiger partial charge in [0.05, 0.1) is 6.54 Å². The van der Waals surface area contributed by atoms with E-state index in [0.29, 0.717) is 30.3 Å². The maximum absolute atomic E-state index is 13.3. The van der Waals surface area contributed by atoms with E-state index in [9.17, 15) is 9.59 Å². The second kappa shape index (κ2) is 6.51. The lowest BCUT2D eigenvalue weighted by atomic mass is 9.91. The summed E-state index contributed by atoms with van der Waals surface area (Å²) in [6.07, 6.45) is 0. The van der Waals surface area contributed by atoms with E-state index in [0.717, 1.165) is 16.3 Å². The van der Waals surface area contributed by atoms with E-state index in [2.05, 4.69) is 5.32 Å². The summed E-state index contributed by atoms with van der Waals surface area (Å²) in [6.45, 7) is 2.90. The van der Waals surface area contributed by atoms with Crippen molar-refractivity contribution in [2.24, 2.45) is 0 Å². The Hall–Kier alpha value is -3.54. The zero-order valence-corrected chi connectivity index (χ0v) is 16.0. The number of carbonyl (C=O) groups is 2. The summed E-state index contributed by atoms with van der Waals surface area (Å²) in [6, 6.07) is 18.8. The number of imide groups is 1. The lowest BCUT2D eigenvalue weighted by Crippen LogP contribution is -2.41. The summed E-state index contributed by atoms with van der Waals surface area (Å²) in [5.41, 5.74) is 0.441. The number of nitrogens with zero attached hydrogens (tertiary/aromatic N) is 1. The third-order valence-corrected chi connectivity index (χ3v) is 5.60. The van der Waals surface area contributed by atoms with Crippen molar-refractivity contribution in [3.63, 3.8) is 0 Å². The Balaban J connectivity index is 1.48. The molecule has 0 aliphatic carbocycles. The molecule has 0 saturated carbocycles. The van der Waals surface area contributed by atoms with Crippen molar-refractivity contribution in [3.05, 3.63) is 71.8 Å². The van der Waals surface area contributed by atoms with E-state index < -0.39 is 11.6 Å². The number of nitrogens with one attached hydrogen (secondary N) is 1. The molecule has 3 aromatic carbocycles. The van der Waals surface area contributed by atoms with Crippen LogP contribution >= 0.6 is 0 Å². The van der Waals surface area contributed by atoms with Gasteiger partial charge in [0.1, 0.15) is 18.8 Å².